The lowest BCUT2D eigenvalue weighted by atomic mass is 10.4. The third-order valence-corrected chi connectivity index (χ3v) is 3.58. The SMILES string of the molecule is CNCC(C)OCc1sccc1Br. The van der Waals surface area contributed by atoms with Crippen LogP contribution >= 0.6 is 27.3 Å². The lowest BCUT2D eigenvalue weighted by Gasteiger charge is -2.11. The second kappa shape index (κ2) is 5.75. The van der Waals surface area contributed by atoms with Crippen molar-refractivity contribution in [2.24, 2.45) is 0 Å². The molecule has 0 fully saturated rings. The molecule has 1 aromatic rings. The zero-order valence-electron chi connectivity index (χ0n) is 7.84. The van der Waals surface area contributed by atoms with Crippen molar-refractivity contribution in [2.45, 2.75) is 19.6 Å². The fraction of sp³-hybridized carbons (Fsp3) is 0.556. The molecule has 1 aromatic heterocycles. The van der Waals surface area contributed by atoms with Gasteiger partial charge in [-0.25, -0.2) is 0 Å². The van der Waals surface area contributed by atoms with Gasteiger partial charge in [0.1, 0.15) is 0 Å². The number of rotatable bonds is 5. The van der Waals surface area contributed by atoms with Crippen LogP contribution in [0.15, 0.2) is 15.9 Å². The summed E-state index contributed by atoms with van der Waals surface area (Å²) in [6.07, 6.45) is 0.263. The fourth-order valence-corrected chi connectivity index (χ4v) is 2.38. The minimum atomic E-state index is 0.263. The Hall–Kier alpha value is 0.100. The first-order chi connectivity index (χ1) is 6.24. The van der Waals surface area contributed by atoms with E-state index in [9.17, 15) is 0 Å². The number of hydrogen-bond acceptors (Lipinski definition) is 3. The van der Waals surface area contributed by atoms with E-state index in [2.05, 4.69) is 33.6 Å². The molecule has 0 saturated heterocycles. The van der Waals surface area contributed by atoms with Crippen LogP contribution in [0.3, 0.4) is 0 Å². The second-order valence-corrected chi connectivity index (χ2v) is 4.73. The standard InChI is InChI=1S/C9H14BrNOS/c1-7(5-11-2)12-6-9-8(10)3-4-13-9/h3-4,7,11H,5-6H2,1-2H3. The average Bonchev–Trinajstić information content (AvgIpc) is 2.48. The zero-order chi connectivity index (χ0) is 9.68. The topological polar surface area (TPSA) is 21.3 Å². The van der Waals surface area contributed by atoms with Crippen molar-refractivity contribution in [3.8, 4) is 0 Å². The number of ether oxygens (including phenoxy) is 1. The maximum Gasteiger partial charge on any atom is 0.0825 e. The molecule has 0 bridgehead atoms. The molecule has 0 aliphatic rings. The first-order valence-corrected chi connectivity index (χ1v) is 5.89. The molecular formula is C9H14BrNOS. The molecule has 0 radical (unpaired) electrons. The van der Waals surface area contributed by atoms with Crippen LogP contribution in [0.2, 0.25) is 0 Å². The van der Waals surface area contributed by atoms with Gasteiger partial charge in [0.05, 0.1) is 12.7 Å². The molecule has 0 aliphatic carbocycles. The number of halogens is 1. The van der Waals surface area contributed by atoms with Crippen molar-refractivity contribution in [3.63, 3.8) is 0 Å². The van der Waals surface area contributed by atoms with Crippen LogP contribution in [0.25, 0.3) is 0 Å². The molecule has 74 valence electrons. The summed E-state index contributed by atoms with van der Waals surface area (Å²) >= 11 is 5.19. The van der Waals surface area contributed by atoms with Gasteiger partial charge in [-0.2, -0.15) is 0 Å². The Balaban J connectivity index is 2.30. The third-order valence-electron chi connectivity index (χ3n) is 1.68. The number of nitrogens with one attached hydrogen (secondary N) is 1. The largest absolute Gasteiger partial charge is 0.372 e. The Bertz CT molecular complexity index is 252. The van der Waals surface area contributed by atoms with Gasteiger partial charge >= 0.3 is 0 Å². The Morgan fingerprint density at radius 3 is 3.00 bits per heavy atom. The minimum absolute atomic E-state index is 0.263. The van der Waals surface area contributed by atoms with Gasteiger partial charge in [0.2, 0.25) is 0 Å². The molecule has 1 heterocycles. The lowest BCUT2D eigenvalue weighted by Crippen LogP contribution is -2.23. The van der Waals surface area contributed by atoms with Crippen LogP contribution in [0.5, 0.6) is 0 Å². The highest BCUT2D eigenvalue weighted by Crippen LogP contribution is 2.23. The molecular weight excluding hydrogens is 250 g/mol. The van der Waals surface area contributed by atoms with Crippen LogP contribution in [-0.2, 0) is 11.3 Å². The Morgan fingerprint density at radius 2 is 2.46 bits per heavy atom. The van der Waals surface area contributed by atoms with Crippen LogP contribution in [0.4, 0.5) is 0 Å². The summed E-state index contributed by atoms with van der Waals surface area (Å²) in [4.78, 5) is 1.25. The maximum absolute atomic E-state index is 5.63. The molecule has 0 saturated carbocycles. The first-order valence-electron chi connectivity index (χ1n) is 4.22. The minimum Gasteiger partial charge on any atom is -0.372 e. The van der Waals surface area contributed by atoms with Crippen molar-refractivity contribution in [1.29, 1.82) is 0 Å². The molecule has 2 nitrogen and oxygen atoms in total. The van der Waals surface area contributed by atoms with E-state index >= 15 is 0 Å². The van der Waals surface area contributed by atoms with E-state index in [4.69, 9.17) is 4.74 Å². The molecule has 1 N–H and O–H groups in total. The van der Waals surface area contributed by atoms with Gasteiger partial charge < -0.3 is 10.1 Å². The summed E-state index contributed by atoms with van der Waals surface area (Å²) < 4.78 is 6.77. The summed E-state index contributed by atoms with van der Waals surface area (Å²) in [6, 6.07) is 2.05. The summed E-state index contributed by atoms with van der Waals surface area (Å²) in [5, 5.41) is 5.14. The molecule has 1 rings (SSSR count). The fourth-order valence-electron chi connectivity index (χ4n) is 0.992. The van der Waals surface area contributed by atoms with Crippen molar-refractivity contribution < 1.29 is 4.74 Å². The highest BCUT2D eigenvalue weighted by atomic mass is 79.9. The van der Waals surface area contributed by atoms with Gasteiger partial charge in [-0.3, -0.25) is 0 Å². The van der Waals surface area contributed by atoms with Gasteiger partial charge in [-0.1, -0.05) is 0 Å². The van der Waals surface area contributed by atoms with E-state index < -0.39 is 0 Å². The number of thiophene rings is 1. The van der Waals surface area contributed by atoms with Gasteiger partial charge in [0.25, 0.3) is 0 Å². The van der Waals surface area contributed by atoms with Crippen molar-refractivity contribution in [2.75, 3.05) is 13.6 Å². The van der Waals surface area contributed by atoms with E-state index in [0.717, 1.165) is 11.0 Å². The average molecular weight is 264 g/mol. The highest BCUT2D eigenvalue weighted by Gasteiger charge is 2.04. The molecule has 13 heavy (non-hydrogen) atoms. The van der Waals surface area contributed by atoms with Crippen LogP contribution < -0.4 is 5.32 Å². The van der Waals surface area contributed by atoms with Gasteiger partial charge in [0, 0.05) is 15.9 Å². The van der Waals surface area contributed by atoms with E-state index in [1.807, 2.05) is 13.1 Å². The monoisotopic (exact) mass is 263 g/mol. The summed E-state index contributed by atoms with van der Waals surface area (Å²) in [6.45, 7) is 3.65. The highest BCUT2D eigenvalue weighted by molar-refractivity contribution is 9.10. The number of hydrogen-bond donors (Lipinski definition) is 1. The van der Waals surface area contributed by atoms with Crippen molar-refractivity contribution in [3.05, 3.63) is 20.8 Å². The maximum atomic E-state index is 5.63. The van der Waals surface area contributed by atoms with Crippen LogP contribution in [-0.4, -0.2) is 19.7 Å². The summed E-state index contributed by atoms with van der Waals surface area (Å²) in [5.74, 6) is 0. The Morgan fingerprint density at radius 1 is 1.69 bits per heavy atom. The Labute approximate surface area is 91.4 Å². The normalized spacial score (nSPS) is 13.2. The van der Waals surface area contributed by atoms with Gasteiger partial charge in [-0.15, -0.1) is 11.3 Å². The van der Waals surface area contributed by atoms with E-state index in [0.29, 0.717) is 6.61 Å². The van der Waals surface area contributed by atoms with Gasteiger partial charge in [0.15, 0.2) is 0 Å². The molecule has 0 spiro atoms. The Kier molecular flexibility index (Phi) is 4.94. The summed E-state index contributed by atoms with van der Waals surface area (Å²) in [7, 11) is 1.93. The molecule has 1 unspecified atom stereocenters. The second-order valence-electron chi connectivity index (χ2n) is 2.87. The molecule has 4 heteroatoms. The molecule has 1 atom stereocenters. The predicted octanol–water partition coefficient (Wildman–Crippen LogP) is 2.64. The van der Waals surface area contributed by atoms with E-state index in [-0.39, 0.29) is 6.10 Å². The summed E-state index contributed by atoms with van der Waals surface area (Å²) in [5.41, 5.74) is 0. The van der Waals surface area contributed by atoms with Crippen LogP contribution in [0, 0.1) is 0 Å². The lowest BCUT2D eigenvalue weighted by molar-refractivity contribution is 0.0558. The van der Waals surface area contributed by atoms with Crippen molar-refractivity contribution >= 4 is 27.3 Å². The van der Waals surface area contributed by atoms with Crippen LogP contribution in [0.1, 0.15) is 11.8 Å². The first kappa shape index (κ1) is 11.2. The number of likely N-dealkylation sites (N-methyl/N-ethyl adjacent to an activating group) is 1. The molecule has 0 amide bonds. The molecule has 0 aliphatic heterocycles. The predicted molar refractivity (Wildman–Crippen MR) is 60.2 cm³/mol. The smallest absolute Gasteiger partial charge is 0.0825 e. The van der Waals surface area contributed by atoms with Gasteiger partial charge in [-0.05, 0) is 41.3 Å². The molecule has 0 aromatic carbocycles. The van der Waals surface area contributed by atoms with E-state index in [1.165, 1.54) is 4.88 Å². The van der Waals surface area contributed by atoms with Crippen molar-refractivity contribution in [1.82, 2.24) is 5.32 Å². The van der Waals surface area contributed by atoms with E-state index in [1.54, 1.807) is 11.3 Å². The third kappa shape index (κ3) is 3.77. The quantitative estimate of drug-likeness (QED) is 0.882. The zero-order valence-corrected chi connectivity index (χ0v) is 10.2.